The number of urea groups is 1. The number of hydrogen-bond acceptors (Lipinski definition) is 6. The van der Waals surface area contributed by atoms with Crippen molar-refractivity contribution in [1.82, 2.24) is 20.2 Å². The molecule has 4 rings (SSSR count). The fourth-order valence-corrected chi connectivity index (χ4v) is 4.28. The number of thiazole rings is 1. The molecular weight excluding hydrogens is 386 g/mol. The molecule has 3 aromatic rings. The average Bonchev–Trinajstić information content (AvgIpc) is 3.40. The quantitative estimate of drug-likeness (QED) is 0.570. The summed E-state index contributed by atoms with van der Waals surface area (Å²) in [7, 11) is 0. The van der Waals surface area contributed by atoms with Crippen molar-refractivity contribution in [2.24, 2.45) is 0 Å². The minimum atomic E-state index is -0.275. The Morgan fingerprint density at radius 1 is 1.17 bits per heavy atom. The van der Waals surface area contributed by atoms with E-state index in [1.54, 1.807) is 6.20 Å². The fraction of sp³-hybridized carbons (Fsp3) is 0.400. The number of benzene rings is 1. The first-order valence-electron chi connectivity index (χ1n) is 9.90. The Morgan fingerprint density at radius 3 is 2.83 bits per heavy atom. The van der Waals surface area contributed by atoms with Crippen LogP contribution in [-0.2, 0) is 12.8 Å². The molecule has 0 atom stereocenters. The summed E-state index contributed by atoms with van der Waals surface area (Å²) in [5, 5.41) is 13.1. The van der Waals surface area contributed by atoms with Crippen LogP contribution in [0.3, 0.4) is 0 Å². The largest absolute Gasteiger partial charge is 0.370 e. The van der Waals surface area contributed by atoms with Crippen molar-refractivity contribution in [2.45, 2.75) is 39.0 Å². The van der Waals surface area contributed by atoms with Crippen molar-refractivity contribution in [3.05, 3.63) is 47.0 Å². The Labute approximate surface area is 173 Å². The fourth-order valence-electron chi connectivity index (χ4n) is 3.47. The predicted octanol–water partition coefficient (Wildman–Crippen LogP) is 3.99. The van der Waals surface area contributed by atoms with Crippen LogP contribution in [0.1, 0.15) is 35.5 Å². The average molecular weight is 412 g/mol. The van der Waals surface area contributed by atoms with Crippen LogP contribution in [-0.4, -0.2) is 39.3 Å². The molecule has 1 aliphatic heterocycles. The van der Waals surface area contributed by atoms with Crippen LogP contribution in [0.2, 0.25) is 0 Å². The second-order valence-corrected chi connectivity index (χ2v) is 8.33. The zero-order valence-corrected chi connectivity index (χ0v) is 17.3. The molecule has 2 amide bonds. The zero-order valence-electron chi connectivity index (χ0n) is 16.4. The van der Waals surface area contributed by atoms with Gasteiger partial charge in [0.1, 0.15) is 12.2 Å². The van der Waals surface area contributed by atoms with Crippen LogP contribution in [0.25, 0.3) is 0 Å². The van der Waals surface area contributed by atoms with Crippen molar-refractivity contribution in [3.63, 3.8) is 0 Å². The first-order chi connectivity index (χ1) is 14.2. The lowest BCUT2D eigenvalue weighted by Crippen LogP contribution is -2.31. The molecule has 1 aromatic carbocycles. The SMILES string of the molecule is Cc1ccc(NC(=O)Nc2ncc(CCc3ncn[nH]3)s2)c(N2CCCCC2)c1. The lowest BCUT2D eigenvalue weighted by Gasteiger charge is -2.30. The van der Waals surface area contributed by atoms with Gasteiger partial charge in [-0.15, -0.1) is 11.3 Å². The van der Waals surface area contributed by atoms with E-state index in [-0.39, 0.29) is 6.03 Å². The molecule has 0 bridgehead atoms. The molecule has 0 unspecified atom stereocenters. The molecule has 9 heteroatoms. The number of carbonyl (C=O) groups excluding carboxylic acids is 1. The zero-order chi connectivity index (χ0) is 20.1. The first kappa shape index (κ1) is 19.4. The van der Waals surface area contributed by atoms with Crippen LogP contribution >= 0.6 is 11.3 Å². The van der Waals surface area contributed by atoms with Gasteiger partial charge in [0.2, 0.25) is 0 Å². The van der Waals surface area contributed by atoms with E-state index >= 15 is 0 Å². The number of aromatic nitrogens is 4. The molecule has 3 N–H and O–H groups in total. The molecule has 3 heterocycles. The van der Waals surface area contributed by atoms with Crippen molar-refractivity contribution in [1.29, 1.82) is 0 Å². The molecule has 1 fully saturated rings. The van der Waals surface area contributed by atoms with Crippen molar-refractivity contribution in [3.8, 4) is 0 Å². The standard InChI is InChI=1S/C20H25N7OS/c1-14-5-7-16(17(11-14)27-9-3-2-4-10-27)24-19(28)25-20-21-12-15(29-20)6-8-18-22-13-23-26-18/h5,7,11-13H,2-4,6,8-10H2,1H3,(H,22,23,26)(H2,21,24,25,28). The number of amides is 2. The van der Waals surface area contributed by atoms with E-state index in [1.165, 1.54) is 42.5 Å². The lowest BCUT2D eigenvalue weighted by atomic mass is 10.1. The van der Waals surface area contributed by atoms with Gasteiger partial charge in [0, 0.05) is 30.6 Å². The van der Waals surface area contributed by atoms with E-state index in [2.05, 4.69) is 48.7 Å². The second kappa shape index (κ2) is 9.04. The van der Waals surface area contributed by atoms with Gasteiger partial charge in [-0.05, 0) is 50.3 Å². The Morgan fingerprint density at radius 2 is 2.03 bits per heavy atom. The van der Waals surface area contributed by atoms with E-state index in [4.69, 9.17) is 0 Å². The number of aryl methyl sites for hydroxylation is 3. The van der Waals surface area contributed by atoms with Gasteiger partial charge in [-0.25, -0.2) is 14.8 Å². The number of hydrogen-bond donors (Lipinski definition) is 3. The topological polar surface area (TPSA) is 98.8 Å². The molecule has 0 aliphatic carbocycles. The highest BCUT2D eigenvalue weighted by atomic mass is 32.1. The number of carbonyl (C=O) groups is 1. The molecule has 0 radical (unpaired) electrons. The summed E-state index contributed by atoms with van der Waals surface area (Å²) >= 11 is 1.47. The maximum absolute atomic E-state index is 12.6. The molecule has 1 saturated heterocycles. The lowest BCUT2D eigenvalue weighted by molar-refractivity contribution is 0.262. The van der Waals surface area contributed by atoms with E-state index < -0.39 is 0 Å². The van der Waals surface area contributed by atoms with Crippen LogP contribution in [0.15, 0.2) is 30.7 Å². The monoisotopic (exact) mass is 411 g/mol. The summed E-state index contributed by atoms with van der Waals surface area (Å²) in [4.78, 5) is 24.4. The highest BCUT2D eigenvalue weighted by Crippen LogP contribution is 2.30. The Balaban J connectivity index is 1.37. The van der Waals surface area contributed by atoms with E-state index in [0.29, 0.717) is 5.13 Å². The predicted molar refractivity (Wildman–Crippen MR) is 116 cm³/mol. The number of anilines is 3. The molecule has 29 heavy (non-hydrogen) atoms. The molecule has 0 spiro atoms. The highest BCUT2D eigenvalue weighted by Gasteiger charge is 2.16. The molecule has 2 aromatic heterocycles. The van der Waals surface area contributed by atoms with E-state index in [0.717, 1.165) is 48.0 Å². The van der Waals surface area contributed by atoms with Gasteiger partial charge in [0.15, 0.2) is 5.13 Å². The smallest absolute Gasteiger partial charge is 0.325 e. The molecular formula is C20H25N7OS. The molecule has 1 aliphatic rings. The van der Waals surface area contributed by atoms with Gasteiger partial charge >= 0.3 is 6.03 Å². The van der Waals surface area contributed by atoms with E-state index in [1.807, 2.05) is 12.1 Å². The normalized spacial score (nSPS) is 14.0. The van der Waals surface area contributed by atoms with Gasteiger partial charge in [-0.1, -0.05) is 6.07 Å². The van der Waals surface area contributed by atoms with Crippen LogP contribution in [0.5, 0.6) is 0 Å². The van der Waals surface area contributed by atoms with Gasteiger partial charge in [-0.3, -0.25) is 10.4 Å². The Hall–Kier alpha value is -2.94. The van der Waals surface area contributed by atoms with Crippen molar-refractivity contribution < 1.29 is 4.79 Å². The second-order valence-electron chi connectivity index (χ2n) is 7.21. The number of rotatable bonds is 6. The van der Waals surface area contributed by atoms with Crippen molar-refractivity contribution in [2.75, 3.05) is 28.6 Å². The summed E-state index contributed by atoms with van der Waals surface area (Å²) in [5.41, 5.74) is 3.11. The van der Waals surface area contributed by atoms with Crippen LogP contribution in [0.4, 0.5) is 21.3 Å². The third kappa shape index (κ3) is 5.11. The summed E-state index contributed by atoms with van der Waals surface area (Å²) in [5.74, 6) is 0.843. The Kier molecular flexibility index (Phi) is 6.04. The number of H-pyrrole nitrogens is 1. The molecule has 0 saturated carbocycles. The number of aromatic amines is 1. The van der Waals surface area contributed by atoms with Gasteiger partial charge in [0.05, 0.1) is 11.4 Å². The van der Waals surface area contributed by atoms with Crippen molar-refractivity contribution >= 4 is 33.9 Å². The summed E-state index contributed by atoms with van der Waals surface area (Å²) < 4.78 is 0. The van der Waals surface area contributed by atoms with Gasteiger partial charge < -0.3 is 10.2 Å². The maximum Gasteiger partial charge on any atom is 0.325 e. The summed E-state index contributed by atoms with van der Waals surface area (Å²) in [6.45, 7) is 4.13. The van der Waals surface area contributed by atoms with Gasteiger partial charge in [0.25, 0.3) is 0 Å². The molecule has 8 nitrogen and oxygen atoms in total. The third-order valence-corrected chi connectivity index (χ3v) is 5.92. The summed E-state index contributed by atoms with van der Waals surface area (Å²) in [6.07, 6.45) is 8.51. The highest BCUT2D eigenvalue weighted by molar-refractivity contribution is 7.15. The third-order valence-electron chi connectivity index (χ3n) is 4.95. The number of piperidine rings is 1. The minimum absolute atomic E-state index is 0.275. The van der Waals surface area contributed by atoms with E-state index in [9.17, 15) is 4.79 Å². The summed E-state index contributed by atoms with van der Waals surface area (Å²) in [6, 6.07) is 5.87. The minimum Gasteiger partial charge on any atom is -0.370 e. The van der Waals surface area contributed by atoms with Crippen LogP contribution < -0.4 is 15.5 Å². The number of nitrogens with one attached hydrogen (secondary N) is 3. The van der Waals surface area contributed by atoms with Gasteiger partial charge in [-0.2, -0.15) is 5.10 Å². The Bertz CT molecular complexity index is 948. The first-order valence-corrected chi connectivity index (χ1v) is 10.7. The maximum atomic E-state index is 12.6. The molecule has 152 valence electrons. The number of nitrogens with zero attached hydrogens (tertiary/aromatic N) is 4. The van der Waals surface area contributed by atoms with Crippen LogP contribution in [0, 0.1) is 6.92 Å².